The Morgan fingerprint density at radius 1 is 1.90 bits per heavy atom. The van der Waals surface area contributed by atoms with Crippen LogP contribution < -0.4 is 5.32 Å². The van der Waals surface area contributed by atoms with Gasteiger partial charge in [0.25, 0.3) is 0 Å². The van der Waals surface area contributed by atoms with Gasteiger partial charge in [-0.3, -0.25) is 10.1 Å². The molecule has 58 valence electrons. The van der Waals surface area contributed by atoms with Crippen LogP contribution in [-0.2, 0) is 4.79 Å². The van der Waals surface area contributed by atoms with Crippen LogP contribution >= 0.6 is 0 Å². The maximum absolute atomic E-state index is 12.5. The Kier molecular flexibility index (Phi) is 1.64. The lowest BCUT2D eigenvalue weighted by molar-refractivity contribution is -0.143. The van der Waals surface area contributed by atoms with Crippen molar-refractivity contribution >= 4 is 5.97 Å². The van der Waals surface area contributed by atoms with E-state index in [0.29, 0.717) is 0 Å². The van der Waals surface area contributed by atoms with Crippen LogP contribution in [0.2, 0.25) is 0 Å². The molecule has 0 bridgehead atoms. The Bertz CT molecular complexity index is 162. The molecule has 0 spiro atoms. The molecule has 0 amide bonds. The summed E-state index contributed by atoms with van der Waals surface area (Å²) in [4.78, 5) is 10.4. The average molecular weight is 147 g/mol. The van der Waals surface area contributed by atoms with Crippen LogP contribution in [0.15, 0.2) is 0 Å². The molecule has 0 aliphatic carbocycles. The van der Waals surface area contributed by atoms with Crippen LogP contribution in [0.3, 0.4) is 0 Å². The van der Waals surface area contributed by atoms with Gasteiger partial charge in [0.2, 0.25) is 0 Å². The van der Waals surface area contributed by atoms with Gasteiger partial charge in [-0.05, 0) is 6.92 Å². The van der Waals surface area contributed by atoms with Crippen LogP contribution in [0.4, 0.5) is 4.39 Å². The number of hydrogen-bond donors (Lipinski definition) is 2. The molecule has 1 aliphatic rings. The van der Waals surface area contributed by atoms with Gasteiger partial charge >= 0.3 is 5.97 Å². The number of carboxylic acids is 1. The standard InChI is InChI=1S/C6H10FNO2/c1-6(5(9)10)2-4(7)3-8-6/h4,8H,2-3H2,1H3,(H,9,10)/t4-,6?/m1/s1. The second kappa shape index (κ2) is 2.20. The van der Waals surface area contributed by atoms with E-state index >= 15 is 0 Å². The van der Waals surface area contributed by atoms with Crippen molar-refractivity contribution in [2.24, 2.45) is 0 Å². The monoisotopic (exact) mass is 147 g/mol. The molecular formula is C6H10FNO2. The summed E-state index contributed by atoms with van der Waals surface area (Å²) in [5, 5.41) is 11.2. The zero-order chi connectivity index (χ0) is 7.78. The van der Waals surface area contributed by atoms with E-state index in [1.165, 1.54) is 6.92 Å². The third-order valence-corrected chi connectivity index (χ3v) is 1.82. The highest BCUT2D eigenvalue weighted by atomic mass is 19.1. The fourth-order valence-electron chi connectivity index (χ4n) is 1.09. The minimum Gasteiger partial charge on any atom is -0.480 e. The molecule has 0 aromatic rings. The van der Waals surface area contributed by atoms with Gasteiger partial charge in [0, 0.05) is 13.0 Å². The number of nitrogens with one attached hydrogen (secondary N) is 1. The highest BCUT2D eigenvalue weighted by Gasteiger charge is 2.41. The van der Waals surface area contributed by atoms with Gasteiger partial charge in [-0.2, -0.15) is 0 Å². The lowest BCUT2D eigenvalue weighted by atomic mass is 10.0. The lowest BCUT2D eigenvalue weighted by Crippen LogP contribution is -2.44. The number of carboxylic acid groups (broad SMARTS) is 1. The molecule has 2 atom stereocenters. The summed E-state index contributed by atoms with van der Waals surface area (Å²) in [7, 11) is 0. The van der Waals surface area contributed by atoms with E-state index in [-0.39, 0.29) is 13.0 Å². The third kappa shape index (κ3) is 1.11. The first-order chi connectivity index (χ1) is 4.54. The molecule has 1 aliphatic heterocycles. The third-order valence-electron chi connectivity index (χ3n) is 1.82. The molecule has 0 aromatic carbocycles. The number of rotatable bonds is 1. The maximum Gasteiger partial charge on any atom is 0.323 e. The van der Waals surface area contributed by atoms with Gasteiger partial charge in [0.1, 0.15) is 11.7 Å². The fourth-order valence-corrected chi connectivity index (χ4v) is 1.09. The zero-order valence-corrected chi connectivity index (χ0v) is 5.72. The predicted molar refractivity (Wildman–Crippen MR) is 33.6 cm³/mol. The lowest BCUT2D eigenvalue weighted by Gasteiger charge is -2.16. The van der Waals surface area contributed by atoms with Crippen molar-refractivity contribution in [2.45, 2.75) is 25.1 Å². The zero-order valence-electron chi connectivity index (χ0n) is 5.72. The summed E-state index contributed by atoms with van der Waals surface area (Å²) in [6.07, 6.45) is -0.941. The SMILES string of the molecule is CC1(C(=O)O)C[C@@H](F)CN1. The largest absolute Gasteiger partial charge is 0.480 e. The molecule has 1 unspecified atom stereocenters. The second-order valence-electron chi connectivity index (χ2n) is 2.82. The first-order valence-corrected chi connectivity index (χ1v) is 3.17. The molecular weight excluding hydrogens is 137 g/mol. The maximum atomic E-state index is 12.5. The minimum absolute atomic E-state index is 0.0718. The van der Waals surface area contributed by atoms with Crippen molar-refractivity contribution in [1.29, 1.82) is 0 Å². The minimum atomic E-state index is -1.04. The first-order valence-electron chi connectivity index (χ1n) is 3.17. The fraction of sp³-hybridized carbons (Fsp3) is 0.833. The first kappa shape index (κ1) is 7.47. The predicted octanol–water partition coefficient (Wildman–Crippen LogP) is 0.161. The topological polar surface area (TPSA) is 49.3 Å². The number of halogens is 1. The Hall–Kier alpha value is -0.640. The number of carbonyl (C=O) groups is 1. The van der Waals surface area contributed by atoms with Gasteiger partial charge in [-0.15, -0.1) is 0 Å². The highest BCUT2D eigenvalue weighted by molar-refractivity contribution is 5.78. The van der Waals surface area contributed by atoms with Gasteiger partial charge < -0.3 is 5.11 Å². The van der Waals surface area contributed by atoms with Gasteiger partial charge in [-0.25, -0.2) is 4.39 Å². The van der Waals surface area contributed by atoms with E-state index in [0.717, 1.165) is 0 Å². The van der Waals surface area contributed by atoms with Crippen LogP contribution in [0, 0.1) is 0 Å². The molecule has 0 saturated carbocycles. The second-order valence-corrected chi connectivity index (χ2v) is 2.82. The molecule has 0 radical (unpaired) electrons. The van der Waals surface area contributed by atoms with E-state index in [4.69, 9.17) is 5.11 Å². The van der Waals surface area contributed by atoms with Crippen molar-refractivity contribution in [3.63, 3.8) is 0 Å². The molecule has 4 heteroatoms. The normalized spacial score (nSPS) is 40.0. The Morgan fingerprint density at radius 2 is 2.50 bits per heavy atom. The van der Waals surface area contributed by atoms with Crippen molar-refractivity contribution in [3.8, 4) is 0 Å². The molecule has 1 fully saturated rings. The Labute approximate surface area is 58.2 Å². The summed E-state index contributed by atoms with van der Waals surface area (Å²) in [6, 6.07) is 0. The van der Waals surface area contributed by atoms with E-state index in [2.05, 4.69) is 5.32 Å². The van der Waals surface area contributed by atoms with Crippen molar-refractivity contribution < 1.29 is 14.3 Å². The van der Waals surface area contributed by atoms with E-state index in [1.54, 1.807) is 0 Å². The molecule has 1 saturated heterocycles. The van der Waals surface area contributed by atoms with E-state index < -0.39 is 17.7 Å². The molecule has 1 rings (SSSR count). The number of hydrogen-bond acceptors (Lipinski definition) is 2. The smallest absolute Gasteiger partial charge is 0.323 e. The van der Waals surface area contributed by atoms with Crippen LogP contribution in [0.25, 0.3) is 0 Å². The van der Waals surface area contributed by atoms with Gasteiger partial charge in [0.15, 0.2) is 0 Å². The molecule has 10 heavy (non-hydrogen) atoms. The summed E-state index contributed by atoms with van der Waals surface area (Å²) < 4.78 is 12.5. The Morgan fingerprint density at radius 3 is 2.70 bits per heavy atom. The van der Waals surface area contributed by atoms with Crippen LogP contribution in [0.5, 0.6) is 0 Å². The summed E-state index contributed by atoms with van der Waals surface area (Å²) in [6.45, 7) is 1.65. The molecule has 3 nitrogen and oxygen atoms in total. The molecule has 0 aromatic heterocycles. The van der Waals surface area contributed by atoms with Crippen molar-refractivity contribution in [3.05, 3.63) is 0 Å². The van der Waals surface area contributed by atoms with Crippen molar-refractivity contribution in [1.82, 2.24) is 5.32 Å². The molecule has 1 heterocycles. The van der Waals surface area contributed by atoms with Gasteiger partial charge in [-0.1, -0.05) is 0 Å². The van der Waals surface area contributed by atoms with E-state index in [1.807, 2.05) is 0 Å². The quantitative estimate of drug-likeness (QED) is 0.555. The molecule has 2 N–H and O–H groups in total. The van der Waals surface area contributed by atoms with Crippen molar-refractivity contribution in [2.75, 3.05) is 6.54 Å². The summed E-state index contributed by atoms with van der Waals surface area (Å²) >= 11 is 0. The van der Waals surface area contributed by atoms with Gasteiger partial charge in [0.05, 0.1) is 0 Å². The highest BCUT2D eigenvalue weighted by Crippen LogP contribution is 2.20. The number of aliphatic carboxylic acids is 1. The van der Waals surface area contributed by atoms with Crippen LogP contribution in [0.1, 0.15) is 13.3 Å². The van der Waals surface area contributed by atoms with Crippen LogP contribution in [-0.4, -0.2) is 29.3 Å². The Balaban J connectivity index is 2.63. The number of alkyl halides is 1. The summed E-state index contributed by atoms with van der Waals surface area (Å²) in [5.41, 5.74) is -1.04. The van der Waals surface area contributed by atoms with E-state index in [9.17, 15) is 9.18 Å². The summed E-state index contributed by atoms with van der Waals surface area (Å²) in [5.74, 6) is -0.979. The average Bonchev–Trinajstić information content (AvgIpc) is 2.13.